The van der Waals surface area contributed by atoms with Crippen LogP contribution in [0.4, 0.5) is 0 Å². The lowest BCUT2D eigenvalue weighted by molar-refractivity contribution is 0.179. The Morgan fingerprint density at radius 3 is 2.42 bits per heavy atom. The molecule has 0 spiro atoms. The number of fused-ring (bicyclic) bond motifs is 1. The molecule has 3 heteroatoms. The Bertz CT molecular complexity index is 720. The fraction of sp³-hybridized carbons (Fsp3) is 0.652. The van der Waals surface area contributed by atoms with Gasteiger partial charge in [0.2, 0.25) is 0 Å². The van der Waals surface area contributed by atoms with Gasteiger partial charge in [-0.25, -0.2) is 0 Å². The molecule has 0 N–H and O–H groups in total. The van der Waals surface area contributed by atoms with Crippen molar-refractivity contribution in [3.05, 3.63) is 35.5 Å². The third kappa shape index (κ3) is 3.70. The van der Waals surface area contributed by atoms with Crippen molar-refractivity contribution < 1.29 is 0 Å². The van der Waals surface area contributed by atoms with Gasteiger partial charge in [0.1, 0.15) is 0 Å². The SMILES string of the molecule is CN(Cc1c(CN2CCCCC2)c2ccccc2n1C)C1CCCCC1. The molecule has 1 saturated heterocycles. The van der Waals surface area contributed by atoms with Gasteiger partial charge in [-0.15, -0.1) is 0 Å². The summed E-state index contributed by atoms with van der Waals surface area (Å²) in [4.78, 5) is 5.31. The van der Waals surface area contributed by atoms with Crippen LogP contribution in [-0.4, -0.2) is 40.5 Å². The van der Waals surface area contributed by atoms with Crippen LogP contribution in [0.5, 0.6) is 0 Å². The van der Waals surface area contributed by atoms with E-state index >= 15 is 0 Å². The molecule has 0 radical (unpaired) electrons. The quantitative estimate of drug-likeness (QED) is 0.755. The molecule has 0 unspecified atom stereocenters. The average Bonchev–Trinajstić information content (AvgIpc) is 2.95. The number of benzene rings is 1. The van der Waals surface area contributed by atoms with E-state index in [0.29, 0.717) is 0 Å². The number of piperidine rings is 1. The zero-order valence-electron chi connectivity index (χ0n) is 16.7. The number of hydrogen-bond acceptors (Lipinski definition) is 2. The standard InChI is InChI=1S/C23H35N3/c1-24(19-11-5-3-6-12-19)18-23-21(17-26-15-9-4-10-16-26)20-13-7-8-14-22(20)25(23)2/h7-8,13-14,19H,3-6,9-12,15-18H2,1-2H3. The van der Waals surface area contributed by atoms with Crippen LogP contribution in [0.15, 0.2) is 24.3 Å². The summed E-state index contributed by atoms with van der Waals surface area (Å²) in [6.45, 7) is 4.73. The molecule has 26 heavy (non-hydrogen) atoms. The summed E-state index contributed by atoms with van der Waals surface area (Å²) in [5.41, 5.74) is 4.50. The van der Waals surface area contributed by atoms with Gasteiger partial charge < -0.3 is 4.57 Å². The lowest BCUT2D eigenvalue weighted by atomic mass is 9.94. The van der Waals surface area contributed by atoms with Crippen molar-refractivity contribution >= 4 is 10.9 Å². The molecule has 1 aromatic heterocycles. The molecule has 2 fully saturated rings. The molecule has 2 aromatic rings. The first kappa shape index (κ1) is 18.1. The van der Waals surface area contributed by atoms with E-state index in [9.17, 15) is 0 Å². The fourth-order valence-electron chi connectivity index (χ4n) is 5.13. The van der Waals surface area contributed by atoms with Crippen LogP contribution >= 0.6 is 0 Å². The Morgan fingerprint density at radius 1 is 0.962 bits per heavy atom. The van der Waals surface area contributed by atoms with Gasteiger partial charge in [-0.05, 0) is 57.5 Å². The number of para-hydroxylation sites is 1. The average molecular weight is 354 g/mol. The van der Waals surface area contributed by atoms with Gasteiger partial charge in [0, 0.05) is 42.8 Å². The highest BCUT2D eigenvalue weighted by molar-refractivity contribution is 5.85. The maximum absolute atomic E-state index is 2.68. The highest BCUT2D eigenvalue weighted by Crippen LogP contribution is 2.30. The molecule has 0 atom stereocenters. The Hall–Kier alpha value is -1.32. The van der Waals surface area contributed by atoms with E-state index in [4.69, 9.17) is 0 Å². The molecule has 2 heterocycles. The van der Waals surface area contributed by atoms with Gasteiger partial charge in [0.25, 0.3) is 0 Å². The molecule has 0 bridgehead atoms. The first-order valence-electron chi connectivity index (χ1n) is 10.7. The van der Waals surface area contributed by atoms with Crippen LogP contribution in [0.1, 0.15) is 62.6 Å². The van der Waals surface area contributed by atoms with Crippen LogP contribution < -0.4 is 0 Å². The minimum Gasteiger partial charge on any atom is -0.346 e. The minimum atomic E-state index is 0.768. The fourth-order valence-corrected chi connectivity index (χ4v) is 5.13. The monoisotopic (exact) mass is 353 g/mol. The molecular formula is C23H35N3. The molecule has 1 saturated carbocycles. The number of aryl methyl sites for hydroxylation is 1. The van der Waals surface area contributed by atoms with E-state index in [1.54, 1.807) is 5.56 Å². The van der Waals surface area contributed by atoms with Crippen molar-refractivity contribution in [1.82, 2.24) is 14.4 Å². The van der Waals surface area contributed by atoms with Crippen LogP contribution in [0, 0.1) is 0 Å². The van der Waals surface area contributed by atoms with E-state index in [1.165, 1.54) is 81.1 Å². The van der Waals surface area contributed by atoms with Crippen LogP contribution in [0.25, 0.3) is 10.9 Å². The summed E-state index contributed by atoms with van der Waals surface area (Å²) in [6.07, 6.45) is 11.1. The zero-order valence-corrected chi connectivity index (χ0v) is 16.7. The van der Waals surface area contributed by atoms with Crippen LogP contribution in [0.3, 0.4) is 0 Å². The maximum atomic E-state index is 2.68. The summed E-state index contributed by atoms with van der Waals surface area (Å²) < 4.78 is 2.47. The Balaban J connectivity index is 1.63. The number of nitrogens with zero attached hydrogens (tertiary/aromatic N) is 3. The highest BCUT2D eigenvalue weighted by atomic mass is 15.2. The molecule has 1 aliphatic carbocycles. The van der Waals surface area contributed by atoms with Gasteiger partial charge in [0.15, 0.2) is 0 Å². The third-order valence-corrected chi connectivity index (χ3v) is 6.77. The van der Waals surface area contributed by atoms with Crippen molar-refractivity contribution in [3.63, 3.8) is 0 Å². The largest absolute Gasteiger partial charge is 0.346 e. The lowest BCUT2D eigenvalue weighted by Crippen LogP contribution is -2.34. The van der Waals surface area contributed by atoms with E-state index in [1.807, 2.05) is 0 Å². The second-order valence-corrected chi connectivity index (χ2v) is 8.55. The molecule has 0 amide bonds. The molecule has 1 aliphatic heterocycles. The Morgan fingerprint density at radius 2 is 1.65 bits per heavy atom. The number of likely N-dealkylation sites (tertiary alicyclic amines) is 1. The van der Waals surface area contributed by atoms with Crippen molar-refractivity contribution in [2.75, 3.05) is 20.1 Å². The predicted octanol–water partition coefficient (Wildman–Crippen LogP) is 4.93. The van der Waals surface area contributed by atoms with Crippen molar-refractivity contribution in [2.45, 2.75) is 70.5 Å². The summed E-state index contributed by atoms with van der Waals surface area (Å²) in [6, 6.07) is 9.78. The number of hydrogen-bond donors (Lipinski definition) is 0. The maximum Gasteiger partial charge on any atom is 0.0483 e. The first-order chi connectivity index (χ1) is 12.7. The van der Waals surface area contributed by atoms with E-state index < -0.39 is 0 Å². The van der Waals surface area contributed by atoms with Crippen molar-refractivity contribution in [1.29, 1.82) is 0 Å². The summed E-state index contributed by atoms with van der Waals surface area (Å²) in [5, 5.41) is 1.47. The van der Waals surface area contributed by atoms with Crippen LogP contribution in [-0.2, 0) is 20.1 Å². The van der Waals surface area contributed by atoms with E-state index in [-0.39, 0.29) is 0 Å². The zero-order chi connectivity index (χ0) is 17.9. The normalized spacial score (nSPS) is 20.3. The van der Waals surface area contributed by atoms with Gasteiger partial charge in [-0.2, -0.15) is 0 Å². The minimum absolute atomic E-state index is 0.768. The second-order valence-electron chi connectivity index (χ2n) is 8.55. The molecule has 142 valence electrons. The molecular weight excluding hydrogens is 318 g/mol. The van der Waals surface area contributed by atoms with Gasteiger partial charge in [-0.1, -0.05) is 43.9 Å². The Kier molecular flexibility index (Phi) is 5.66. The topological polar surface area (TPSA) is 11.4 Å². The summed E-state index contributed by atoms with van der Waals surface area (Å²) in [7, 11) is 4.62. The van der Waals surface area contributed by atoms with Gasteiger partial charge in [0.05, 0.1) is 0 Å². The predicted molar refractivity (Wildman–Crippen MR) is 110 cm³/mol. The first-order valence-corrected chi connectivity index (χ1v) is 10.7. The number of aromatic nitrogens is 1. The smallest absolute Gasteiger partial charge is 0.0483 e. The van der Waals surface area contributed by atoms with Gasteiger partial charge >= 0.3 is 0 Å². The number of rotatable bonds is 5. The van der Waals surface area contributed by atoms with Gasteiger partial charge in [-0.3, -0.25) is 9.80 Å². The molecule has 3 nitrogen and oxygen atoms in total. The van der Waals surface area contributed by atoms with Crippen molar-refractivity contribution in [2.24, 2.45) is 7.05 Å². The summed E-state index contributed by atoms with van der Waals surface area (Å²) in [5.74, 6) is 0. The molecule has 1 aromatic carbocycles. The second kappa shape index (κ2) is 8.14. The van der Waals surface area contributed by atoms with E-state index in [2.05, 4.69) is 52.7 Å². The summed E-state index contributed by atoms with van der Waals surface area (Å²) >= 11 is 0. The lowest BCUT2D eigenvalue weighted by Gasteiger charge is -2.32. The van der Waals surface area contributed by atoms with E-state index in [0.717, 1.165) is 19.1 Å². The third-order valence-electron chi connectivity index (χ3n) is 6.77. The highest BCUT2D eigenvalue weighted by Gasteiger charge is 2.23. The van der Waals surface area contributed by atoms with Crippen LogP contribution in [0.2, 0.25) is 0 Å². The molecule has 2 aliphatic rings. The van der Waals surface area contributed by atoms with Crippen molar-refractivity contribution in [3.8, 4) is 0 Å². The Labute approximate surface area is 159 Å². The molecule has 4 rings (SSSR count).